The van der Waals surface area contributed by atoms with Crippen LogP contribution < -0.4 is 0 Å². The van der Waals surface area contributed by atoms with Gasteiger partial charge < -0.3 is 10.0 Å². The van der Waals surface area contributed by atoms with Crippen molar-refractivity contribution in [2.24, 2.45) is 4.40 Å². The number of hydrogen-bond acceptors (Lipinski definition) is 4. The Morgan fingerprint density at radius 3 is 2.62 bits per heavy atom. The van der Waals surface area contributed by atoms with Crippen molar-refractivity contribution in [3.63, 3.8) is 0 Å². The summed E-state index contributed by atoms with van der Waals surface area (Å²) < 4.78 is 27.8. The van der Waals surface area contributed by atoms with Crippen LogP contribution in [-0.2, 0) is 14.8 Å². The van der Waals surface area contributed by atoms with Crippen LogP contribution in [0.15, 0.2) is 51.1 Å². The molecule has 1 aromatic carbocycles. The predicted octanol–water partition coefficient (Wildman–Crippen LogP) is 1.63. The Kier molecular flexibility index (Phi) is 2.76. The lowest BCUT2D eigenvalue weighted by Crippen LogP contribution is -2.23. The molecule has 0 radical (unpaired) electrons. The Labute approximate surface area is 125 Å². The Hall–Kier alpha value is -2.12. The quantitative estimate of drug-likeness (QED) is 0.850. The number of rotatable bonds is 1. The summed E-state index contributed by atoms with van der Waals surface area (Å²) in [7, 11) is -2.57. The maximum Gasteiger partial charge on any atom is 0.285 e. The molecule has 8 heteroatoms. The first-order valence-corrected chi connectivity index (χ1v) is 7.62. The Morgan fingerprint density at radius 1 is 1.38 bits per heavy atom. The minimum atomic E-state index is -3.99. The summed E-state index contributed by atoms with van der Waals surface area (Å²) in [6, 6.07) is 4.46. The molecule has 2 aliphatic heterocycles. The van der Waals surface area contributed by atoms with Crippen molar-refractivity contribution in [3.8, 4) is 0 Å². The maximum absolute atomic E-state index is 12.2. The molecule has 0 unspecified atom stereocenters. The van der Waals surface area contributed by atoms with Gasteiger partial charge in [-0.2, -0.15) is 12.8 Å². The van der Waals surface area contributed by atoms with E-state index in [9.17, 15) is 18.3 Å². The van der Waals surface area contributed by atoms with Crippen molar-refractivity contribution >= 4 is 33.2 Å². The van der Waals surface area contributed by atoms with E-state index in [1.54, 1.807) is 6.07 Å². The fourth-order valence-electron chi connectivity index (χ4n) is 2.26. The lowest BCUT2D eigenvalue weighted by molar-refractivity contribution is -0.122. The number of aliphatic hydroxyl groups is 1. The number of sulfonamides is 1. The third kappa shape index (κ3) is 1.74. The van der Waals surface area contributed by atoms with Crippen LogP contribution in [0.25, 0.3) is 0 Å². The first-order valence-electron chi connectivity index (χ1n) is 5.80. The molecule has 0 fully saturated rings. The molecule has 2 aliphatic rings. The summed E-state index contributed by atoms with van der Waals surface area (Å²) >= 11 is 5.91. The second-order valence-corrected chi connectivity index (χ2v) is 6.51. The molecule has 1 aromatic rings. The number of benzene rings is 1. The molecular weight excluding hydrogens is 316 g/mol. The maximum atomic E-state index is 12.2. The molecule has 0 atom stereocenters. The minimum absolute atomic E-state index is 0.0176. The van der Waals surface area contributed by atoms with E-state index in [-0.39, 0.29) is 38.2 Å². The zero-order chi connectivity index (χ0) is 15.5. The molecule has 0 aliphatic carbocycles. The number of likely N-dealkylation sites (N-methyl/N-ethyl adjacent to an activating group) is 1. The van der Waals surface area contributed by atoms with Crippen LogP contribution in [-0.4, -0.2) is 37.1 Å². The van der Waals surface area contributed by atoms with Gasteiger partial charge in [-0.3, -0.25) is 4.79 Å². The number of carbonyl (C=O) groups excluding carboxylic acids is 1. The summed E-state index contributed by atoms with van der Waals surface area (Å²) in [5, 5.41) is 10.1. The number of nitrogens with zero attached hydrogens (tertiary/aromatic N) is 2. The predicted molar refractivity (Wildman–Crippen MR) is 76.7 cm³/mol. The smallest absolute Gasteiger partial charge is 0.285 e. The summed E-state index contributed by atoms with van der Waals surface area (Å²) in [5.74, 6) is -0.955. The highest BCUT2D eigenvalue weighted by Gasteiger charge is 2.41. The van der Waals surface area contributed by atoms with E-state index in [1.807, 2.05) is 0 Å². The van der Waals surface area contributed by atoms with Crippen LogP contribution >= 0.6 is 11.6 Å². The molecule has 6 nitrogen and oxygen atoms in total. The zero-order valence-corrected chi connectivity index (χ0v) is 12.4. The van der Waals surface area contributed by atoms with Crippen LogP contribution in [0, 0.1) is 0 Å². The monoisotopic (exact) mass is 324 g/mol. The van der Waals surface area contributed by atoms with Gasteiger partial charge in [0.15, 0.2) is 5.76 Å². The van der Waals surface area contributed by atoms with Crippen molar-refractivity contribution in [1.29, 1.82) is 0 Å². The third-order valence-corrected chi connectivity index (χ3v) is 5.17. The number of hydrogen-bond donors (Lipinski definition) is 1. The zero-order valence-electron chi connectivity index (χ0n) is 10.8. The number of halogens is 1. The molecule has 0 saturated carbocycles. The van der Waals surface area contributed by atoms with E-state index in [2.05, 4.69) is 11.0 Å². The van der Waals surface area contributed by atoms with Gasteiger partial charge in [-0.1, -0.05) is 30.3 Å². The van der Waals surface area contributed by atoms with Crippen LogP contribution in [0.5, 0.6) is 0 Å². The van der Waals surface area contributed by atoms with Crippen molar-refractivity contribution in [2.75, 3.05) is 7.05 Å². The molecule has 0 aromatic heterocycles. The van der Waals surface area contributed by atoms with Gasteiger partial charge in [0.1, 0.15) is 16.2 Å². The molecule has 1 amide bonds. The Bertz CT molecular complexity index is 883. The van der Waals surface area contributed by atoms with Crippen molar-refractivity contribution < 1.29 is 18.3 Å². The fraction of sp³-hybridized carbons (Fsp3) is 0.0769. The summed E-state index contributed by atoms with van der Waals surface area (Å²) in [5.41, 5.74) is -0.0151. The second-order valence-electron chi connectivity index (χ2n) is 4.57. The fourth-order valence-corrected chi connectivity index (χ4v) is 4.01. The topological polar surface area (TPSA) is 87.0 Å². The van der Waals surface area contributed by atoms with Gasteiger partial charge in [0.25, 0.3) is 15.9 Å². The molecule has 0 bridgehead atoms. The highest BCUT2D eigenvalue weighted by Crippen LogP contribution is 2.37. The molecular formula is C13H9ClN2O4S. The average molecular weight is 325 g/mol. The van der Waals surface area contributed by atoms with E-state index in [4.69, 9.17) is 11.6 Å². The summed E-state index contributed by atoms with van der Waals surface area (Å²) in [6.45, 7) is 3.56. The van der Waals surface area contributed by atoms with E-state index in [1.165, 1.54) is 19.2 Å². The van der Waals surface area contributed by atoms with Gasteiger partial charge in [-0.15, -0.1) is 0 Å². The number of aliphatic hydroxyl groups excluding tert-OH is 1. The highest BCUT2D eigenvalue weighted by atomic mass is 35.5. The average Bonchev–Trinajstić information content (AvgIpc) is 2.79. The Balaban J connectivity index is 2.32. The molecule has 0 saturated heterocycles. The van der Waals surface area contributed by atoms with E-state index in [0.29, 0.717) is 0 Å². The van der Waals surface area contributed by atoms with Crippen molar-refractivity contribution in [1.82, 2.24) is 4.90 Å². The van der Waals surface area contributed by atoms with E-state index in [0.717, 1.165) is 4.90 Å². The summed E-state index contributed by atoms with van der Waals surface area (Å²) in [6.07, 6.45) is 0. The normalized spacial score (nSPS) is 20.1. The van der Waals surface area contributed by atoms with Gasteiger partial charge >= 0.3 is 0 Å². The molecule has 2 heterocycles. The first kappa shape index (κ1) is 13.8. The minimum Gasteiger partial charge on any atom is -0.505 e. The number of carbonyl (C=O) groups is 1. The van der Waals surface area contributed by atoms with Crippen LogP contribution in [0.4, 0.5) is 0 Å². The number of fused-ring (bicyclic) bond motifs is 1. The lowest BCUT2D eigenvalue weighted by atomic mass is 10.0. The third-order valence-electron chi connectivity index (χ3n) is 3.36. The molecule has 3 rings (SSSR count). The van der Waals surface area contributed by atoms with Gasteiger partial charge in [0.2, 0.25) is 0 Å². The highest BCUT2D eigenvalue weighted by molar-refractivity contribution is 7.91. The first-order chi connectivity index (χ1) is 9.75. The van der Waals surface area contributed by atoms with Crippen LogP contribution in [0.3, 0.4) is 0 Å². The molecule has 1 N–H and O–H groups in total. The standard InChI is InChI=1S/C13H9ClN2O4S/c1-6-11(17)9(13(18)16(6)2)10-7-4-3-5-8(14)12(7)21(19,20)15-10/h3-5,17H,1H2,2H3. The lowest BCUT2D eigenvalue weighted by Gasteiger charge is -2.09. The van der Waals surface area contributed by atoms with Gasteiger partial charge in [0, 0.05) is 12.6 Å². The molecule has 108 valence electrons. The van der Waals surface area contributed by atoms with Gasteiger partial charge in [-0.25, -0.2) is 0 Å². The van der Waals surface area contributed by atoms with Crippen molar-refractivity contribution in [3.05, 3.63) is 52.4 Å². The Morgan fingerprint density at radius 2 is 2.05 bits per heavy atom. The van der Waals surface area contributed by atoms with Gasteiger partial charge in [-0.05, 0) is 6.07 Å². The van der Waals surface area contributed by atoms with Crippen LogP contribution in [0.1, 0.15) is 5.56 Å². The SMILES string of the molecule is C=C1C(O)=C(C2=NS(=O)(=O)c3c(Cl)cccc32)C(=O)N1C. The second kappa shape index (κ2) is 4.19. The number of amides is 1. The largest absolute Gasteiger partial charge is 0.505 e. The van der Waals surface area contributed by atoms with Gasteiger partial charge in [0.05, 0.1) is 10.7 Å². The van der Waals surface area contributed by atoms with E-state index >= 15 is 0 Å². The van der Waals surface area contributed by atoms with E-state index < -0.39 is 15.9 Å². The van der Waals surface area contributed by atoms with Crippen LogP contribution in [0.2, 0.25) is 5.02 Å². The van der Waals surface area contributed by atoms with Crippen molar-refractivity contribution in [2.45, 2.75) is 4.90 Å². The molecule has 21 heavy (non-hydrogen) atoms. The summed E-state index contributed by atoms with van der Waals surface area (Å²) in [4.78, 5) is 13.1. The molecule has 0 spiro atoms.